The molecule has 0 atom stereocenters. The number of hydrogen-bond donors (Lipinski definition) is 1. The van der Waals surface area contributed by atoms with Crippen LogP contribution in [0.1, 0.15) is 10.4 Å². The number of halogens is 3. The number of carbonyl (C=O) groups excluding carboxylic acids is 1. The standard InChI is InChI=1S/C8H6BrF2NO2/c1-14-8(13)5-6(9)3(10)2-4(11)7(5)12/h2H,12H2,1H3. The first kappa shape index (κ1) is 10.9. The molecule has 0 amide bonds. The fourth-order valence-corrected chi connectivity index (χ4v) is 1.40. The van der Waals surface area contributed by atoms with Gasteiger partial charge in [0.15, 0.2) is 0 Å². The van der Waals surface area contributed by atoms with Crippen LogP contribution in [0.25, 0.3) is 0 Å². The summed E-state index contributed by atoms with van der Waals surface area (Å²) in [5, 5.41) is 0. The summed E-state index contributed by atoms with van der Waals surface area (Å²) in [5.74, 6) is -2.80. The molecule has 0 radical (unpaired) electrons. The number of rotatable bonds is 1. The molecule has 0 unspecified atom stereocenters. The molecule has 2 N–H and O–H groups in total. The van der Waals surface area contributed by atoms with Crippen molar-refractivity contribution in [2.24, 2.45) is 0 Å². The molecule has 0 aromatic heterocycles. The highest BCUT2D eigenvalue weighted by molar-refractivity contribution is 9.10. The molecule has 0 saturated heterocycles. The van der Waals surface area contributed by atoms with Crippen LogP contribution in [0, 0.1) is 11.6 Å². The van der Waals surface area contributed by atoms with Gasteiger partial charge in [0, 0.05) is 6.07 Å². The van der Waals surface area contributed by atoms with Gasteiger partial charge >= 0.3 is 5.97 Å². The van der Waals surface area contributed by atoms with Crippen LogP contribution in [0.5, 0.6) is 0 Å². The van der Waals surface area contributed by atoms with Crippen molar-refractivity contribution < 1.29 is 18.3 Å². The van der Waals surface area contributed by atoms with Crippen LogP contribution >= 0.6 is 15.9 Å². The van der Waals surface area contributed by atoms with E-state index in [2.05, 4.69) is 20.7 Å². The van der Waals surface area contributed by atoms with Crippen molar-refractivity contribution in [2.75, 3.05) is 12.8 Å². The molecular weight excluding hydrogens is 260 g/mol. The normalized spacial score (nSPS) is 10.0. The predicted octanol–water partition coefficient (Wildman–Crippen LogP) is 2.10. The highest BCUT2D eigenvalue weighted by Gasteiger charge is 2.21. The van der Waals surface area contributed by atoms with Crippen LogP contribution in [0.2, 0.25) is 0 Å². The summed E-state index contributed by atoms with van der Waals surface area (Å²) in [6, 6.07) is 0.589. The minimum absolute atomic E-state index is 0.205. The van der Waals surface area contributed by atoms with Gasteiger partial charge in [0.2, 0.25) is 0 Å². The number of benzene rings is 1. The largest absolute Gasteiger partial charge is 0.465 e. The van der Waals surface area contributed by atoms with Gasteiger partial charge in [0.05, 0.1) is 17.3 Å². The average molecular weight is 266 g/mol. The molecule has 0 aliphatic carbocycles. The van der Waals surface area contributed by atoms with Crippen molar-refractivity contribution in [1.29, 1.82) is 0 Å². The summed E-state index contributed by atoms with van der Waals surface area (Å²) in [4.78, 5) is 11.1. The van der Waals surface area contributed by atoms with Crippen LogP contribution in [0.15, 0.2) is 10.5 Å². The van der Waals surface area contributed by atoms with Gasteiger partial charge in [-0.25, -0.2) is 13.6 Å². The Morgan fingerprint density at radius 1 is 1.50 bits per heavy atom. The molecule has 0 aliphatic rings. The summed E-state index contributed by atoms with van der Waals surface area (Å²) < 4.78 is 30.0. The minimum Gasteiger partial charge on any atom is -0.465 e. The number of nitrogen functional groups attached to an aromatic ring is 1. The maximum Gasteiger partial charge on any atom is 0.341 e. The zero-order chi connectivity index (χ0) is 10.9. The third-order valence-corrected chi connectivity index (χ3v) is 2.37. The van der Waals surface area contributed by atoms with E-state index in [4.69, 9.17) is 5.73 Å². The van der Waals surface area contributed by atoms with Crippen LogP contribution < -0.4 is 5.73 Å². The number of ether oxygens (including phenoxy) is 1. The highest BCUT2D eigenvalue weighted by Crippen LogP contribution is 2.28. The summed E-state index contributed by atoms with van der Waals surface area (Å²) in [7, 11) is 1.09. The van der Waals surface area contributed by atoms with E-state index in [-0.39, 0.29) is 10.0 Å². The molecule has 76 valence electrons. The number of carbonyl (C=O) groups is 1. The van der Waals surface area contributed by atoms with Gasteiger partial charge in [0.1, 0.15) is 17.2 Å². The van der Waals surface area contributed by atoms with Crippen molar-refractivity contribution in [3.05, 3.63) is 27.7 Å². The monoisotopic (exact) mass is 265 g/mol. The Kier molecular flexibility index (Phi) is 3.05. The van der Waals surface area contributed by atoms with E-state index in [1.807, 2.05) is 0 Å². The summed E-state index contributed by atoms with van der Waals surface area (Å²) in [5.41, 5.74) is 4.47. The smallest absolute Gasteiger partial charge is 0.341 e. The van der Waals surface area contributed by atoms with Gasteiger partial charge in [-0.05, 0) is 15.9 Å². The Bertz CT molecular complexity index is 369. The predicted molar refractivity (Wildman–Crippen MR) is 49.8 cm³/mol. The van der Waals surface area contributed by atoms with Gasteiger partial charge < -0.3 is 10.5 Å². The SMILES string of the molecule is COC(=O)c1c(N)c(F)cc(F)c1Br. The van der Waals surface area contributed by atoms with Crippen LogP contribution in [-0.2, 0) is 4.74 Å². The number of methoxy groups -OCH3 is 1. The first-order chi connectivity index (χ1) is 6.49. The maximum absolute atomic E-state index is 13.0. The molecule has 6 heteroatoms. The Hall–Kier alpha value is -1.17. The fraction of sp³-hybridized carbons (Fsp3) is 0.125. The first-order valence-corrected chi connectivity index (χ1v) is 4.29. The third-order valence-electron chi connectivity index (χ3n) is 1.60. The second-order valence-corrected chi connectivity index (χ2v) is 3.23. The Balaban J connectivity index is 3.47. The lowest BCUT2D eigenvalue weighted by atomic mass is 10.1. The van der Waals surface area contributed by atoms with Crippen molar-refractivity contribution in [2.45, 2.75) is 0 Å². The van der Waals surface area contributed by atoms with E-state index in [9.17, 15) is 13.6 Å². The molecule has 3 nitrogen and oxygen atoms in total. The summed E-state index contributed by atoms with van der Waals surface area (Å²) in [6.07, 6.45) is 0. The van der Waals surface area contributed by atoms with Gasteiger partial charge in [-0.15, -0.1) is 0 Å². The minimum atomic E-state index is -0.994. The quantitative estimate of drug-likeness (QED) is 0.481. The van der Waals surface area contributed by atoms with Gasteiger partial charge in [-0.2, -0.15) is 0 Å². The van der Waals surface area contributed by atoms with E-state index < -0.39 is 23.3 Å². The van der Waals surface area contributed by atoms with Crippen LogP contribution in [0.4, 0.5) is 14.5 Å². The lowest BCUT2D eigenvalue weighted by Crippen LogP contribution is -2.09. The van der Waals surface area contributed by atoms with E-state index in [1.54, 1.807) is 0 Å². The number of hydrogen-bond acceptors (Lipinski definition) is 3. The molecule has 0 spiro atoms. The average Bonchev–Trinajstić information content (AvgIpc) is 2.15. The molecular formula is C8H6BrF2NO2. The molecule has 1 aromatic carbocycles. The zero-order valence-corrected chi connectivity index (χ0v) is 8.69. The number of anilines is 1. The van der Waals surface area contributed by atoms with Crippen LogP contribution in [-0.4, -0.2) is 13.1 Å². The fourth-order valence-electron chi connectivity index (χ4n) is 0.911. The maximum atomic E-state index is 13.0. The van der Waals surface area contributed by atoms with Crippen molar-refractivity contribution in [3.63, 3.8) is 0 Å². The number of nitrogens with two attached hydrogens (primary N) is 1. The van der Waals surface area contributed by atoms with Gasteiger partial charge in [-0.3, -0.25) is 0 Å². The molecule has 14 heavy (non-hydrogen) atoms. The Labute approximate surface area is 87.0 Å². The topological polar surface area (TPSA) is 52.3 Å². The van der Waals surface area contributed by atoms with Gasteiger partial charge in [0.25, 0.3) is 0 Å². The summed E-state index contributed by atoms with van der Waals surface area (Å²) >= 11 is 2.78. The lowest BCUT2D eigenvalue weighted by Gasteiger charge is -2.07. The third kappa shape index (κ3) is 1.70. The molecule has 0 bridgehead atoms. The Morgan fingerprint density at radius 2 is 2.07 bits per heavy atom. The number of esters is 1. The molecule has 1 rings (SSSR count). The van der Waals surface area contributed by atoms with Crippen LogP contribution in [0.3, 0.4) is 0 Å². The van der Waals surface area contributed by atoms with Crippen molar-refractivity contribution >= 4 is 27.6 Å². The molecule has 0 saturated carbocycles. The highest BCUT2D eigenvalue weighted by atomic mass is 79.9. The van der Waals surface area contributed by atoms with E-state index in [1.165, 1.54) is 0 Å². The zero-order valence-electron chi connectivity index (χ0n) is 7.11. The first-order valence-electron chi connectivity index (χ1n) is 3.50. The molecule has 1 aromatic rings. The summed E-state index contributed by atoms with van der Waals surface area (Å²) in [6.45, 7) is 0. The van der Waals surface area contributed by atoms with E-state index in [0.29, 0.717) is 6.07 Å². The Morgan fingerprint density at radius 3 is 2.57 bits per heavy atom. The molecule has 0 aliphatic heterocycles. The van der Waals surface area contributed by atoms with Crippen molar-refractivity contribution in [3.8, 4) is 0 Å². The lowest BCUT2D eigenvalue weighted by molar-refractivity contribution is 0.0600. The van der Waals surface area contributed by atoms with Crippen molar-refractivity contribution in [1.82, 2.24) is 0 Å². The molecule has 0 heterocycles. The van der Waals surface area contributed by atoms with E-state index >= 15 is 0 Å². The van der Waals surface area contributed by atoms with E-state index in [0.717, 1.165) is 7.11 Å². The second kappa shape index (κ2) is 3.91. The molecule has 0 fully saturated rings. The second-order valence-electron chi connectivity index (χ2n) is 2.43. The van der Waals surface area contributed by atoms with Gasteiger partial charge in [-0.1, -0.05) is 0 Å².